The lowest BCUT2D eigenvalue weighted by atomic mass is 9.71. The Bertz CT molecular complexity index is 496. The van der Waals surface area contributed by atoms with Gasteiger partial charge in [0.15, 0.2) is 0 Å². The molecule has 1 aromatic heterocycles. The maximum absolute atomic E-state index is 9.68. The maximum Gasteiger partial charge on any atom is 0.0696 e. The van der Waals surface area contributed by atoms with Crippen molar-refractivity contribution in [2.75, 3.05) is 0 Å². The first kappa shape index (κ1) is 11.8. The minimum Gasteiger partial charge on any atom is -0.272 e. The second kappa shape index (κ2) is 4.12. The van der Waals surface area contributed by atoms with Crippen LogP contribution in [0, 0.1) is 28.6 Å². The van der Waals surface area contributed by atoms with Crippen molar-refractivity contribution in [2.45, 2.75) is 45.4 Å². The fraction of sp³-hybridized carbons (Fsp3) is 0.733. The molecule has 3 unspecified atom stereocenters. The minimum absolute atomic E-state index is 0.0955. The van der Waals surface area contributed by atoms with E-state index in [2.05, 4.69) is 24.2 Å². The zero-order valence-corrected chi connectivity index (χ0v) is 11.3. The normalized spacial score (nSPS) is 33.8. The molecule has 3 heteroatoms. The summed E-state index contributed by atoms with van der Waals surface area (Å²) in [6.07, 6.45) is 6.87. The molecule has 0 spiro atoms. The number of aromatic nitrogens is 2. The van der Waals surface area contributed by atoms with E-state index in [0.29, 0.717) is 5.92 Å². The van der Waals surface area contributed by atoms with Crippen LogP contribution in [0.1, 0.15) is 44.0 Å². The first-order valence-corrected chi connectivity index (χ1v) is 7.10. The van der Waals surface area contributed by atoms with Gasteiger partial charge in [-0.25, -0.2) is 0 Å². The van der Waals surface area contributed by atoms with Gasteiger partial charge in [-0.1, -0.05) is 13.3 Å². The van der Waals surface area contributed by atoms with Crippen molar-refractivity contribution in [1.29, 1.82) is 5.26 Å². The quantitative estimate of drug-likeness (QED) is 0.819. The van der Waals surface area contributed by atoms with E-state index in [1.54, 1.807) is 0 Å². The minimum atomic E-state index is -0.0955. The summed E-state index contributed by atoms with van der Waals surface area (Å²) >= 11 is 0. The average Bonchev–Trinajstić information content (AvgIpc) is 3.05. The third kappa shape index (κ3) is 1.67. The molecule has 0 N–H and O–H groups in total. The Labute approximate surface area is 109 Å². The molecule has 0 aromatic carbocycles. The average molecular weight is 243 g/mol. The molecule has 0 aliphatic heterocycles. The second-order valence-corrected chi connectivity index (χ2v) is 6.13. The molecule has 3 atom stereocenters. The van der Waals surface area contributed by atoms with E-state index in [0.717, 1.165) is 30.9 Å². The fourth-order valence-electron chi connectivity index (χ4n) is 4.07. The van der Waals surface area contributed by atoms with Gasteiger partial charge in [0.2, 0.25) is 0 Å². The van der Waals surface area contributed by atoms with Gasteiger partial charge >= 0.3 is 0 Å². The molecule has 3 nitrogen and oxygen atoms in total. The number of hydrogen-bond acceptors (Lipinski definition) is 2. The fourth-order valence-corrected chi connectivity index (χ4v) is 4.07. The number of hydrogen-bond donors (Lipinski definition) is 0. The molecular weight excluding hydrogens is 222 g/mol. The summed E-state index contributed by atoms with van der Waals surface area (Å²) in [7, 11) is 2.01. The van der Waals surface area contributed by atoms with Gasteiger partial charge in [-0.15, -0.1) is 0 Å². The molecule has 0 amide bonds. The van der Waals surface area contributed by atoms with Gasteiger partial charge in [-0.2, -0.15) is 10.4 Å². The van der Waals surface area contributed by atoms with Gasteiger partial charge in [0, 0.05) is 19.2 Å². The number of nitriles is 1. The molecule has 2 saturated carbocycles. The largest absolute Gasteiger partial charge is 0.272 e. The van der Waals surface area contributed by atoms with Gasteiger partial charge in [-0.05, 0) is 43.6 Å². The molecule has 0 saturated heterocycles. The van der Waals surface area contributed by atoms with Crippen molar-refractivity contribution < 1.29 is 0 Å². The Morgan fingerprint density at radius 3 is 2.89 bits per heavy atom. The van der Waals surface area contributed by atoms with Crippen LogP contribution in [0.5, 0.6) is 0 Å². The molecule has 2 bridgehead atoms. The Kier molecular flexibility index (Phi) is 2.69. The highest BCUT2D eigenvalue weighted by Crippen LogP contribution is 2.56. The molecule has 0 radical (unpaired) electrons. The van der Waals surface area contributed by atoms with Crippen molar-refractivity contribution in [3.05, 3.63) is 17.5 Å². The Morgan fingerprint density at radius 2 is 2.39 bits per heavy atom. The molecular formula is C15H21N3. The van der Waals surface area contributed by atoms with E-state index in [4.69, 9.17) is 0 Å². The van der Waals surface area contributed by atoms with Gasteiger partial charge in [-0.3, -0.25) is 4.68 Å². The summed E-state index contributed by atoms with van der Waals surface area (Å²) in [6.45, 7) is 2.13. The molecule has 18 heavy (non-hydrogen) atoms. The summed E-state index contributed by atoms with van der Waals surface area (Å²) < 4.78 is 1.98. The highest BCUT2D eigenvalue weighted by Gasteiger charge is 2.51. The van der Waals surface area contributed by atoms with E-state index in [-0.39, 0.29) is 5.41 Å². The zero-order chi connectivity index (χ0) is 12.8. The first-order chi connectivity index (χ1) is 8.66. The predicted octanol–water partition coefficient (Wildman–Crippen LogP) is 2.85. The van der Waals surface area contributed by atoms with Crippen molar-refractivity contribution in [2.24, 2.45) is 24.3 Å². The van der Waals surface area contributed by atoms with Crippen LogP contribution >= 0.6 is 0 Å². The van der Waals surface area contributed by atoms with Crippen LogP contribution in [0.25, 0.3) is 0 Å². The van der Waals surface area contributed by atoms with E-state index >= 15 is 0 Å². The topological polar surface area (TPSA) is 41.6 Å². The lowest BCUT2D eigenvalue weighted by Gasteiger charge is -2.30. The summed E-state index contributed by atoms with van der Waals surface area (Å²) in [6, 6.07) is 4.86. The first-order valence-electron chi connectivity index (χ1n) is 7.10. The highest BCUT2D eigenvalue weighted by atomic mass is 15.3. The van der Waals surface area contributed by atoms with Gasteiger partial charge in [0.05, 0.1) is 17.2 Å². The zero-order valence-electron chi connectivity index (χ0n) is 11.3. The Morgan fingerprint density at radius 1 is 1.56 bits per heavy atom. The predicted molar refractivity (Wildman–Crippen MR) is 69.8 cm³/mol. The summed E-state index contributed by atoms with van der Waals surface area (Å²) in [5, 5.41) is 14.2. The van der Waals surface area contributed by atoms with E-state index in [1.807, 2.05) is 11.7 Å². The molecule has 1 heterocycles. The standard InChI is InChI=1S/C15H21N3/c1-3-13-7-14(18(2)17-13)9-15(10-16)8-11-4-5-12(15)6-11/h7,11-12H,3-6,8-9H2,1-2H3. The van der Waals surface area contributed by atoms with E-state index < -0.39 is 0 Å². The molecule has 96 valence electrons. The van der Waals surface area contributed by atoms with Crippen LogP contribution in [0.15, 0.2) is 6.07 Å². The van der Waals surface area contributed by atoms with Gasteiger partial charge < -0.3 is 0 Å². The molecule has 3 rings (SSSR count). The lowest BCUT2D eigenvalue weighted by molar-refractivity contribution is 0.235. The van der Waals surface area contributed by atoms with Crippen LogP contribution in [-0.4, -0.2) is 9.78 Å². The third-order valence-corrected chi connectivity index (χ3v) is 5.08. The summed E-state index contributed by atoms with van der Waals surface area (Å²) in [5.74, 6) is 1.45. The molecule has 2 fully saturated rings. The van der Waals surface area contributed by atoms with Gasteiger partial charge in [0.1, 0.15) is 0 Å². The number of fused-ring (bicyclic) bond motifs is 2. The molecule has 1 aromatic rings. The van der Waals surface area contributed by atoms with Crippen LogP contribution < -0.4 is 0 Å². The van der Waals surface area contributed by atoms with Crippen molar-refractivity contribution >= 4 is 0 Å². The lowest BCUT2D eigenvalue weighted by Crippen LogP contribution is -2.29. The summed E-state index contributed by atoms with van der Waals surface area (Å²) in [5.41, 5.74) is 2.28. The molecule has 2 aliphatic rings. The Balaban J connectivity index is 1.86. The number of nitrogens with zero attached hydrogens (tertiary/aromatic N) is 3. The SMILES string of the molecule is CCc1cc(CC2(C#N)CC3CCC2C3)n(C)n1. The van der Waals surface area contributed by atoms with Gasteiger partial charge in [0.25, 0.3) is 0 Å². The smallest absolute Gasteiger partial charge is 0.0696 e. The van der Waals surface area contributed by atoms with E-state index in [1.165, 1.54) is 25.0 Å². The van der Waals surface area contributed by atoms with Crippen LogP contribution in [0.2, 0.25) is 0 Å². The highest BCUT2D eigenvalue weighted by molar-refractivity contribution is 5.20. The second-order valence-electron chi connectivity index (χ2n) is 6.13. The molecule has 2 aliphatic carbocycles. The van der Waals surface area contributed by atoms with Crippen LogP contribution in [0.3, 0.4) is 0 Å². The maximum atomic E-state index is 9.68. The van der Waals surface area contributed by atoms with Crippen molar-refractivity contribution in [3.63, 3.8) is 0 Å². The van der Waals surface area contributed by atoms with Crippen molar-refractivity contribution in [3.8, 4) is 6.07 Å². The van der Waals surface area contributed by atoms with Crippen LogP contribution in [-0.2, 0) is 19.9 Å². The van der Waals surface area contributed by atoms with Crippen molar-refractivity contribution in [1.82, 2.24) is 9.78 Å². The number of rotatable bonds is 3. The Hall–Kier alpha value is -1.30. The van der Waals surface area contributed by atoms with Crippen LogP contribution in [0.4, 0.5) is 0 Å². The third-order valence-electron chi connectivity index (χ3n) is 5.08. The summed E-state index contributed by atoms with van der Waals surface area (Å²) in [4.78, 5) is 0. The monoisotopic (exact) mass is 243 g/mol. The van der Waals surface area contributed by atoms with E-state index in [9.17, 15) is 5.26 Å². The number of aryl methyl sites for hydroxylation is 2.